The number of benzene rings is 1. The molecule has 1 aromatic rings. The average Bonchev–Trinajstić information content (AvgIpc) is 2.87. The van der Waals surface area contributed by atoms with E-state index in [1.165, 1.54) is 31.4 Å². The molecule has 0 saturated carbocycles. The number of hydrogen-bond donors (Lipinski definition) is 4. The summed E-state index contributed by atoms with van der Waals surface area (Å²) in [5.74, 6) is 0.593. The van der Waals surface area contributed by atoms with Crippen LogP contribution in [0.3, 0.4) is 0 Å². The molecule has 0 aromatic heterocycles. The Bertz CT molecular complexity index is 861. The van der Waals surface area contributed by atoms with Crippen LogP contribution >= 0.6 is 23.5 Å². The molecule has 2 aliphatic rings. The van der Waals surface area contributed by atoms with Gasteiger partial charge in [-0.05, 0) is 24.3 Å². The molecule has 0 radical (unpaired) electrons. The zero-order valence-corrected chi connectivity index (χ0v) is 17.6. The van der Waals surface area contributed by atoms with Crippen molar-refractivity contribution in [3.05, 3.63) is 24.3 Å². The Balaban J connectivity index is 1.60. The lowest BCUT2D eigenvalue weighted by Gasteiger charge is -2.27. The summed E-state index contributed by atoms with van der Waals surface area (Å²) in [5.41, 5.74) is 0. The topological polar surface area (TPSA) is 206 Å². The minimum atomic E-state index is -5.21. The Labute approximate surface area is 168 Å². The van der Waals surface area contributed by atoms with Crippen molar-refractivity contribution in [3.63, 3.8) is 0 Å². The maximum Gasteiger partial charge on any atom is 0.492 e. The van der Waals surface area contributed by atoms with E-state index in [1.807, 2.05) is 0 Å². The first-order chi connectivity index (χ1) is 13.9. The molecule has 4 N–H and O–H groups in total. The molecule has 1 aromatic carbocycles. The van der Waals surface area contributed by atoms with Gasteiger partial charge < -0.3 is 34.4 Å². The van der Waals surface area contributed by atoms with Gasteiger partial charge in [0.25, 0.3) is 0 Å². The van der Waals surface area contributed by atoms with Gasteiger partial charge in [0.1, 0.15) is 24.1 Å². The lowest BCUT2D eigenvalue weighted by Crippen LogP contribution is -2.35. The Morgan fingerprint density at radius 1 is 0.933 bits per heavy atom. The van der Waals surface area contributed by atoms with Crippen molar-refractivity contribution in [2.24, 2.45) is 0 Å². The fourth-order valence-electron chi connectivity index (χ4n) is 2.39. The summed E-state index contributed by atoms with van der Waals surface area (Å²) in [5, 5.41) is 20.1. The van der Waals surface area contributed by atoms with Crippen LogP contribution in [-0.4, -0.2) is 58.3 Å². The third-order valence-electron chi connectivity index (χ3n) is 3.58. The molecule has 2 saturated heterocycles. The average molecular weight is 494 g/mol. The first-order valence-corrected chi connectivity index (χ1v) is 12.4. The molecule has 2 fully saturated rings. The molecule has 15 nitrogen and oxygen atoms in total. The van der Waals surface area contributed by atoms with Gasteiger partial charge in [-0.15, -0.1) is 0 Å². The Morgan fingerprint density at radius 2 is 1.50 bits per heavy atom. The summed E-state index contributed by atoms with van der Waals surface area (Å²) in [7, 11) is -14.1. The number of aliphatic hydroxyl groups excluding tert-OH is 2. The van der Waals surface area contributed by atoms with Crippen LogP contribution in [0.25, 0.3) is 0 Å². The lowest BCUT2D eigenvalue weighted by molar-refractivity contribution is -0.178. The summed E-state index contributed by atoms with van der Waals surface area (Å²) in [6.07, 6.45) is -5.94. The second-order valence-electron chi connectivity index (χ2n) is 5.79. The van der Waals surface area contributed by atoms with E-state index < -0.39 is 54.7 Å². The van der Waals surface area contributed by atoms with Crippen LogP contribution < -0.4 is 9.62 Å². The minimum absolute atomic E-state index is 0.225. The quantitative estimate of drug-likeness (QED) is 0.235. The number of phosphoric acid groups is 3. The number of rotatable bonds is 7. The van der Waals surface area contributed by atoms with E-state index in [4.69, 9.17) is 14.4 Å². The van der Waals surface area contributed by atoms with Crippen LogP contribution in [-0.2, 0) is 40.8 Å². The molecule has 30 heavy (non-hydrogen) atoms. The maximum atomic E-state index is 12.2. The zero-order chi connectivity index (χ0) is 22.2. The predicted octanol–water partition coefficient (Wildman–Crippen LogP) is 0.841. The van der Waals surface area contributed by atoms with Gasteiger partial charge >= 0.3 is 23.5 Å². The van der Waals surface area contributed by atoms with E-state index in [1.54, 1.807) is 0 Å². The third kappa shape index (κ3) is 5.87. The molecular formula is C12H17O15P3. The fraction of sp³-hybridized carbons (Fsp3) is 0.500. The highest BCUT2D eigenvalue weighted by Gasteiger charge is 2.55. The van der Waals surface area contributed by atoms with Gasteiger partial charge in [0.15, 0.2) is 5.75 Å². The molecule has 3 rings (SSSR count). The van der Waals surface area contributed by atoms with E-state index in [9.17, 15) is 33.7 Å². The second kappa shape index (κ2) is 8.93. The van der Waals surface area contributed by atoms with Gasteiger partial charge in [0, 0.05) is 0 Å². The summed E-state index contributed by atoms with van der Waals surface area (Å²) >= 11 is 0. The Hall–Kier alpha value is -0.890. The van der Waals surface area contributed by atoms with Crippen LogP contribution in [0.5, 0.6) is 11.5 Å². The van der Waals surface area contributed by atoms with Crippen LogP contribution in [0.4, 0.5) is 0 Å². The largest absolute Gasteiger partial charge is 0.492 e. The first-order valence-electron chi connectivity index (χ1n) is 7.95. The second-order valence-corrected chi connectivity index (χ2v) is 10.8. The van der Waals surface area contributed by atoms with Crippen molar-refractivity contribution < 1.29 is 70.4 Å². The van der Waals surface area contributed by atoms with Crippen molar-refractivity contribution in [1.29, 1.82) is 0 Å². The smallest absolute Gasteiger partial charge is 0.462 e. The predicted molar refractivity (Wildman–Crippen MR) is 91.8 cm³/mol. The van der Waals surface area contributed by atoms with Gasteiger partial charge in [-0.25, -0.2) is 13.7 Å². The summed E-state index contributed by atoms with van der Waals surface area (Å²) in [6.45, 7) is -0.837. The van der Waals surface area contributed by atoms with Crippen molar-refractivity contribution in [3.8, 4) is 11.5 Å². The van der Waals surface area contributed by atoms with E-state index in [2.05, 4.69) is 22.3 Å². The van der Waals surface area contributed by atoms with Crippen LogP contribution in [0.15, 0.2) is 24.3 Å². The number of ether oxygens (including phenoxy) is 2. The van der Waals surface area contributed by atoms with Crippen molar-refractivity contribution in [2.45, 2.75) is 24.6 Å². The van der Waals surface area contributed by atoms with Gasteiger partial charge in [0.05, 0.1) is 13.7 Å². The fourth-order valence-corrected chi connectivity index (χ4v) is 7.33. The highest BCUT2D eigenvalue weighted by atomic mass is 31.3. The molecule has 170 valence electrons. The molecule has 0 spiro atoms. The van der Waals surface area contributed by atoms with E-state index in [0.717, 1.165) is 0 Å². The molecule has 6 atom stereocenters. The van der Waals surface area contributed by atoms with Crippen LogP contribution in [0.1, 0.15) is 0 Å². The zero-order valence-electron chi connectivity index (χ0n) is 14.9. The van der Waals surface area contributed by atoms with E-state index in [0.29, 0.717) is 5.75 Å². The lowest BCUT2D eigenvalue weighted by atomic mass is 10.1. The van der Waals surface area contributed by atoms with Crippen molar-refractivity contribution in [1.82, 2.24) is 0 Å². The molecule has 0 aliphatic carbocycles. The number of hydrogen-bond acceptors (Lipinski definition) is 13. The highest BCUT2D eigenvalue weighted by molar-refractivity contribution is 7.74. The SMILES string of the molecule is COOc1ccc(O[C@@H]2O[C@H](COP3(=O)OP(=O)(O)OP(=O)(O)O3)[C@@H](O)[C@H]2O)cc1. The van der Waals surface area contributed by atoms with Gasteiger partial charge in [-0.1, -0.05) is 0 Å². The van der Waals surface area contributed by atoms with Gasteiger partial charge in [0.2, 0.25) is 6.29 Å². The van der Waals surface area contributed by atoms with Gasteiger partial charge in [-0.3, -0.25) is 4.52 Å². The van der Waals surface area contributed by atoms with Crippen molar-refractivity contribution >= 4 is 23.5 Å². The summed E-state index contributed by atoms with van der Waals surface area (Å²) in [6, 6.07) is 5.90. The maximum absolute atomic E-state index is 12.2. The molecule has 2 aliphatic heterocycles. The van der Waals surface area contributed by atoms with Crippen molar-refractivity contribution in [2.75, 3.05) is 13.7 Å². The molecule has 2 unspecified atom stereocenters. The monoisotopic (exact) mass is 494 g/mol. The number of aliphatic hydroxyl groups is 2. The van der Waals surface area contributed by atoms with Crippen LogP contribution in [0, 0.1) is 0 Å². The van der Waals surface area contributed by atoms with E-state index in [-0.39, 0.29) is 5.75 Å². The summed E-state index contributed by atoms with van der Waals surface area (Å²) < 4.78 is 62.2. The molecule has 18 heteroatoms. The first kappa shape index (κ1) is 23.8. The molecule has 0 amide bonds. The minimum Gasteiger partial charge on any atom is -0.462 e. The normalized spacial score (nSPS) is 41.5. The standard InChI is InChI=1S/C12H17O15P3/c1-20-24-8-4-2-7(3-5-8)22-12-11(14)10(13)9(23-12)6-21-30(19)26-28(15,16)25-29(17,18)27-30/h2-5,9-14H,6H2,1H3,(H,15,16)(H,17,18)/t9-,10-,11-,12-/m1/s1. The Morgan fingerprint density at radius 3 is 2.07 bits per heavy atom. The van der Waals surface area contributed by atoms with Gasteiger partial charge in [-0.2, -0.15) is 17.8 Å². The molecule has 0 bridgehead atoms. The highest BCUT2D eigenvalue weighted by Crippen LogP contribution is 2.80. The van der Waals surface area contributed by atoms with Crippen LogP contribution in [0.2, 0.25) is 0 Å². The molecule has 2 heterocycles. The third-order valence-corrected chi connectivity index (χ3v) is 8.95. The van der Waals surface area contributed by atoms with E-state index >= 15 is 0 Å². The summed E-state index contributed by atoms with van der Waals surface area (Å²) in [4.78, 5) is 27.6. The molecular weight excluding hydrogens is 477 g/mol. The Kier molecular flexibility index (Phi) is 7.07.